The minimum Gasteiger partial charge on any atom is -0.385 e. The highest BCUT2D eigenvalue weighted by Gasteiger charge is 2.14. The summed E-state index contributed by atoms with van der Waals surface area (Å²) in [6.45, 7) is 9.13. The first-order chi connectivity index (χ1) is 8.06. The van der Waals surface area contributed by atoms with Crippen molar-refractivity contribution in [3.8, 4) is 0 Å². The van der Waals surface area contributed by atoms with Gasteiger partial charge in [0.05, 0.1) is 5.56 Å². The first kappa shape index (κ1) is 13.3. The fourth-order valence-corrected chi connectivity index (χ4v) is 1.70. The van der Waals surface area contributed by atoms with E-state index in [0.29, 0.717) is 12.1 Å². The Labute approximate surface area is 103 Å². The van der Waals surface area contributed by atoms with Gasteiger partial charge in [0.2, 0.25) is 0 Å². The van der Waals surface area contributed by atoms with Crippen LogP contribution in [-0.2, 0) is 0 Å². The summed E-state index contributed by atoms with van der Waals surface area (Å²) >= 11 is 0. The van der Waals surface area contributed by atoms with Gasteiger partial charge in [-0.1, -0.05) is 24.3 Å². The quantitative estimate of drug-likeness (QED) is 0.792. The number of benzene rings is 1. The van der Waals surface area contributed by atoms with Gasteiger partial charge in [-0.2, -0.15) is 0 Å². The molecule has 0 bridgehead atoms. The van der Waals surface area contributed by atoms with E-state index in [9.17, 15) is 4.79 Å². The van der Waals surface area contributed by atoms with Gasteiger partial charge in [0, 0.05) is 25.8 Å². The molecule has 0 heterocycles. The lowest BCUT2D eigenvalue weighted by Gasteiger charge is -2.19. The van der Waals surface area contributed by atoms with Crippen molar-refractivity contribution < 1.29 is 4.79 Å². The molecule has 0 radical (unpaired) electrons. The number of carbonyl (C=O) groups is 1. The highest BCUT2D eigenvalue weighted by molar-refractivity contribution is 5.99. The van der Waals surface area contributed by atoms with E-state index in [1.165, 1.54) is 0 Å². The zero-order valence-corrected chi connectivity index (χ0v) is 10.8. The maximum absolute atomic E-state index is 12.2. The fraction of sp³-hybridized carbons (Fsp3) is 0.357. The number of anilines is 1. The predicted octanol–water partition coefficient (Wildman–Crippen LogP) is 2.77. The Hall–Kier alpha value is -1.77. The molecule has 1 N–H and O–H groups in total. The molecule has 0 saturated heterocycles. The molecule has 1 aromatic rings. The van der Waals surface area contributed by atoms with Crippen molar-refractivity contribution >= 4 is 11.6 Å². The van der Waals surface area contributed by atoms with Crippen LogP contribution in [0, 0.1) is 0 Å². The first-order valence-corrected chi connectivity index (χ1v) is 5.79. The number of hydrogen-bond acceptors (Lipinski definition) is 2. The molecular weight excluding hydrogens is 212 g/mol. The summed E-state index contributed by atoms with van der Waals surface area (Å²) in [5.41, 5.74) is 2.56. The Morgan fingerprint density at radius 2 is 2.06 bits per heavy atom. The summed E-state index contributed by atoms with van der Waals surface area (Å²) < 4.78 is 0. The molecule has 0 unspecified atom stereocenters. The largest absolute Gasteiger partial charge is 0.385 e. The molecule has 0 aliphatic rings. The maximum Gasteiger partial charge on any atom is 0.255 e. The predicted molar refractivity (Wildman–Crippen MR) is 72.4 cm³/mol. The number of nitrogens with one attached hydrogen (secondary N) is 1. The molecule has 3 heteroatoms. The molecule has 0 fully saturated rings. The first-order valence-electron chi connectivity index (χ1n) is 5.79. The van der Waals surface area contributed by atoms with Crippen LogP contribution in [0.5, 0.6) is 0 Å². The average molecular weight is 232 g/mol. The summed E-state index contributed by atoms with van der Waals surface area (Å²) in [4.78, 5) is 13.9. The van der Waals surface area contributed by atoms with Gasteiger partial charge >= 0.3 is 0 Å². The van der Waals surface area contributed by atoms with Crippen LogP contribution < -0.4 is 5.32 Å². The SMILES string of the molecule is C=C(C)CN(C)C(=O)c1ccccc1NCC. The lowest BCUT2D eigenvalue weighted by Crippen LogP contribution is -2.28. The van der Waals surface area contributed by atoms with Gasteiger partial charge in [-0.3, -0.25) is 4.79 Å². The monoisotopic (exact) mass is 232 g/mol. The van der Waals surface area contributed by atoms with Gasteiger partial charge in [0.1, 0.15) is 0 Å². The van der Waals surface area contributed by atoms with E-state index in [0.717, 1.165) is 17.8 Å². The average Bonchev–Trinajstić information content (AvgIpc) is 2.28. The lowest BCUT2D eigenvalue weighted by atomic mass is 10.1. The number of amides is 1. The number of hydrogen-bond donors (Lipinski definition) is 1. The Kier molecular flexibility index (Phi) is 4.76. The summed E-state index contributed by atoms with van der Waals surface area (Å²) in [6.07, 6.45) is 0. The van der Waals surface area contributed by atoms with Crippen LogP contribution in [0.1, 0.15) is 24.2 Å². The van der Waals surface area contributed by atoms with Crippen molar-refractivity contribution in [3.05, 3.63) is 42.0 Å². The van der Waals surface area contributed by atoms with Crippen LogP contribution in [0.15, 0.2) is 36.4 Å². The third kappa shape index (κ3) is 3.63. The smallest absolute Gasteiger partial charge is 0.255 e. The van der Waals surface area contributed by atoms with Crippen LogP contribution in [-0.4, -0.2) is 30.9 Å². The third-order valence-electron chi connectivity index (χ3n) is 2.38. The van der Waals surface area contributed by atoms with Crippen LogP contribution in [0.3, 0.4) is 0 Å². The second-order valence-electron chi connectivity index (χ2n) is 4.19. The molecule has 0 aliphatic heterocycles. The van der Waals surface area contributed by atoms with Crippen molar-refractivity contribution in [1.82, 2.24) is 4.90 Å². The lowest BCUT2D eigenvalue weighted by molar-refractivity contribution is 0.0808. The molecule has 1 rings (SSSR count). The van der Waals surface area contributed by atoms with E-state index >= 15 is 0 Å². The zero-order valence-electron chi connectivity index (χ0n) is 10.8. The third-order valence-corrected chi connectivity index (χ3v) is 2.38. The van der Waals surface area contributed by atoms with Crippen LogP contribution in [0.4, 0.5) is 5.69 Å². The number of para-hydroxylation sites is 1. The van der Waals surface area contributed by atoms with Gasteiger partial charge in [-0.15, -0.1) is 0 Å². The van der Waals surface area contributed by atoms with Crippen LogP contribution in [0.2, 0.25) is 0 Å². The standard InChI is InChI=1S/C14H20N2O/c1-5-15-13-9-7-6-8-12(13)14(17)16(4)10-11(2)3/h6-9,15H,2,5,10H2,1,3-4H3. The second-order valence-corrected chi connectivity index (χ2v) is 4.19. The topological polar surface area (TPSA) is 32.3 Å². The molecule has 92 valence electrons. The molecule has 0 saturated carbocycles. The Balaban J connectivity index is 2.91. The molecule has 1 amide bonds. The molecule has 3 nitrogen and oxygen atoms in total. The summed E-state index contributed by atoms with van der Waals surface area (Å²) in [6, 6.07) is 7.57. The fourth-order valence-electron chi connectivity index (χ4n) is 1.70. The Bertz CT molecular complexity index is 412. The maximum atomic E-state index is 12.2. The number of nitrogens with zero attached hydrogens (tertiary/aromatic N) is 1. The van der Waals surface area contributed by atoms with Gasteiger partial charge in [0.15, 0.2) is 0 Å². The number of likely N-dealkylation sites (N-methyl/N-ethyl adjacent to an activating group) is 1. The second kappa shape index (κ2) is 6.09. The van der Waals surface area contributed by atoms with Gasteiger partial charge < -0.3 is 10.2 Å². The molecule has 0 spiro atoms. The highest BCUT2D eigenvalue weighted by atomic mass is 16.2. The molecule has 0 aromatic heterocycles. The van der Waals surface area contributed by atoms with Crippen LogP contribution >= 0.6 is 0 Å². The molecule has 17 heavy (non-hydrogen) atoms. The van der Waals surface area contributed by atoms with Crippen LogP contribution in [0.25, 0.3) is 0 Å². The minimum absolute atomic E-state index is 0.0181. The van der Waals surface area contributed by atoms with E-state index in [-0.39, 0.29) is 5.91 Å². The van der Waals surface area contributed by atoms with E-state index in [1.807, 2.05) is 38.1 Å². The van der Waals surface area contributed by atoms with Crippen molar-refractivity contribution in [2.75, 3.05) is 25.5 Å². The summed E-state index contributed by atoms with van der Waals surface area (Å²) in [5.74, 6) is 0.0181. The van der Waals surface area contributed by atoms with E-state index < -0.39 is 0 Å². The van der Waals surface area contributed by atoms with Gasteiger partial charge in [-0.05, 0) is 26.0 Å². The van der Waals surface area contributed by atoms with E-state index in [2.05, 4.69) is 11.9 Å². The molecular formula is C14H20N2O. The summed E-state index contributed by atoms with van der Waals surface area (Å²) in [5, 5.41) is 3.20. The molecule has 0 aliphatic carbocycles. The molecule has 0 atom stereocenters. The van der Waals surface area contributed by atoms with Gasteiger partial charge in [0.25, 0.3) is 5.91 Å². The molecule has 1 aromatic carbocycles. The normalized spacial score (nSPS) is 9.82. The van der Waals surface area contributed by atoms with Crippen molar-refractivity contribution in [2.24, 2.45) is 0 Å². The van der Waals surface area contributed by atoms with E-state index in [1.54, 1.807) is 11.9 Å². The van der Waals surface area contributed by atoms with E-state index in [4.69, 9.17) is 0 Å². The Morgan fingerprint density at radius 3 is 2.65 bits per heavy atom. The minimum atomic E-state index is 0.0181. The van der Waals surface area contributed by atoms with Gasteiger partial charge in [-0.25, -0.2) is 0 Å². The summed E-state index contributed by atoms with van der Waals surface area (Å²) in [7, 11) is 1.79. The number of carbonyl (C=O) groups excluding carboxylic acids is 1. The van der Waals surface area contributed by atoms with Crippen molar-refractivity contribution in [2.45, 2.75) is 13.8 Å². The van der Waals surface area contributed by atoms with Crippen molar-refractivity contribution in [1.29, 1.82) is 0 Å². The highest BCUT2D eigenvalue weighted by Crippen LogP contribution is 2.16. The number of rotatable bonds is 5. The van der Waals surface area contributed by atoms with Crippen molar-refractivity contribution in [3.63, 3.8) is 0 Å². The zero-order chi connectivity index (χ0) is 12.8. The Morgan fingerprint density at radius 1 is 1.41 bits per heavy atom.